The number of rotatable bonds is 2. The van der Waals surface area contributed by atoms with Gasteiger partial charge in [-0.25, -0.2) is 0 Å². The smallest absolute Gasteiger partial charge is 0.0393 e. The lowest BCUT2D eigenvalue weighted by molar-refractivity contribution is 0.991. The van der Waals surface area contributed by atoms with Crippen LogP contribution in [0.3, 0.4) is 0 Å². The van der Waals surface area contributed by atoms with Crippen LogP contribution in [0.1, 0.15) is 23.5 Å². The van der Waals surface area contributed by atoms with E-state index in [2.05, 4.69) is 43.3 Å². The first kappa shape index (κ1) is 11.3. The molecule has 0 saturated heterocycles. The molecule has 2 aromatic rings. The highest BCUT2D eigenvalue weighted by atomic mass is 14.7. The number of nitrogens with two attached hydrogens (primary N) is 2. The zero-order valence-electron chi connectivity index (χ0n) is 10.6. The average Bonchev–Trinajstić information content (AvgIpc) is 3.08. The maximum atomic E-state index is 6.08. The van der Waals surface area contributed by atoms with E-state index in [0.717, 1.165) is 17.7 Å². The zero-order valence-corrected chi connectivity index (χ0v) is 10.6. The van der Waals surface area contributed by atoms with Crippen LogP contribution in [-0.2, 0) is 0 Å². The first-order valence-corrected chi connectivity index (χ1v) is 6.37. The van der Waals surface area contributed by atoms with E-state index in [1.54, 1.807) is 0 Å². The molecule has 2 aromatic carbocycles. The van der Waals surface area contributed by atoms with Gasteiger partial charge in [-0.15, -0.1) is 0 Å². The highest BCUT2D eigenvalue weighted by Gasteiger charge is 2.34. The lowest BCUT2D eigenvalue weighted by atomic mass is 9.98. The van der Waals surface area contributed by atoms with Crippen LogP contribution >= 0.6 is 0 Å². The Hall–Kier alpha value is -1.80. The second-order valence-corrected chi connectivity index (χ2v) is 5.22. The van der Waals surface area contributed by atoms with E-state index in [1.165, 1.54) is 16.7 Å². The van der Waals surface area contributed by atoms with Crippen LogP contribution in [0.5, 0.6) is 0 Å². The van der Waals surface area contributed by atoms with Crippen LogP contribution in [0.4, 0.5) is 5.69 Å². The highest BCUT2D eigenvalue weighted by molar-refractivity contribution is 5.77. The summed E-state index contributed by atoms with van der Waals surface area (Å²) in [5, 5.41) is 0. The lowest BCUT2D eigenvalue weighted by Gasteiger charge is -2.09. The number of aryl methyl sites for hydroxylation is 1. The van der Waals surface area contributed by atoms with Crippen molar-refractivity contribution >= 4 is 5.69 Å². The molecule has 0 aromatic heterocycles. The van der Waals surface area contributed by atoms with Crippen molar-refractivity contribution in [2.45, 2.75) is 25.3 Å². The third-order valence-corrected chi connectivity index (χ3v) is 3.71. The second kappa shape index (κ2) is 4.14. The van der Waals surface area contributed by atoms with Gasteiger partial charge in [0, 0.05) is 23.2 Å². The molecule has 1 fully saturated rings. The summed E-state index contributed by atoms with van der Waals surface area (Å²) in [7, 11) is 0. The Labute approximate surface area is 108 Å². The Bertz CT molecular complexity index is 572. The minimum Gasteiger partial charge on any atom is -0.398 e. The Balaban J connectivity index is 2.02. The van der Waals surface area contributed by atoms with Gasteiger partial charge >= 0.3 is 0 Å². The molecule has 0 aliphatic heterocycles. The van der Waals surface area contributed by atoms with Crippen LogP contribution in [0, 0.1) is 6.92 Å². The molecule has 2 nitrogen and oxygen atoms in total. The monoisotopic (exact) mass is 238 g/mol. The van der Waals surface area contributed by atoms with Gasteiger partial charge in [0.05, 0.1) is 0 Å². The van der Waals surface area contributed by atoms with E-state index in [9.17, 15) is 0 Å². The highest BCUT2D eigenvalue weighted by Crippen LogP contribution is 2.41. The minimum absolute atomic E-state index is 0.333. The molecule has 2 atom stereocenters. The molecule has 18 heavy (non-hydrogen) atoms. The van der Waals surface area contributed by atoms with Gasteiger partial charge < -0.3 is 11.5 Å². The van der Waals surface area contributed by atoms with Crippen molar-refractivity contribution in [3.8, 4) is 11.1 Å². The SMILES string of the molecule is Cc1ccc(-c2cc(C3CC3N)ccc2N)cc1. The molecule has 1 aliphatic carbocycles. The lowest BCUT2D eigenvalue weighted by Crippen LogP contribution is -2.01. The molecule has 92 valence electrons. The Morgan fingerprint density at radius 2 is 1.72 bits per heavy atom. The van der Waals surface area contributed by atoms with E-state index in [1.807, 2.05) is 6.07 Å². The molecule has 3 rings (SSSR count). The molecule has 0 amide bonds. The Morgan fingerprint density at radius 3 is 2.33 bits per heavy atom. The summed E-state index contributed by atoms with van der Waals surface area (Å²) < 4.78 is 0. The Kier molecular flexibility index (Phi) is 2.60. The number of benzene rings is 2. The largest absolute Gasteiger partial charge is 0.398 e. The zero-order chi connectivity index (χ0) is 12.7. The molecular weight excluding hydrogens is 220 g/mol. The second-order valence-electron chi connectivity index (χ2n) is 5.22. The van der Waals surface area contributed by atoms with Gasteiger partial charge in [-0.05, 0) is 36.6 Å². The van der Waals surface area contributed by atoms with Crippen LogP contribution < -0.4 is 11.5 Å². The first-order chi connectivity index (χ1) is 8.65. The van der Waals surface area contributed by atoms with E-state index in [4.69, 9.17) is 11.5 Å². The van der Waals surface area contributed by atoms with E-state index in [-0.39, 0.29) is 0 Å². The summed E-state index contributed by atoms with van der Waals surface area (Å²) in [5.41, 5.74) is 17.7. The number of anilines is 1. The standard InChI is InChI=1S/C16H18N2/c1-10-2-4-11(5-3-10)13-8-12(6-7-15(13)17)14-9-16(14)18/h2-8,14,16H,9,17-18H2,1H3. The van der Waals surface area contributed by atoms with E-state index < -0.39 is 0 Å². The van der Waals surface area contributed by atoms with Crippen molar-refractivity contribution < 1.29 is 0 Å². The van der Waals surface area contributed by atoms with Crippen molar-refractivity contribution in [3.05, 3.63) is 53.6 Å². The van der Waals surface area contributed by atoms with Crippen molar-refractivity contribution in [1.29, 1.82) is 0 Å². The van der Waals surface area contributed by atoms with Crippen LogP contribution in [0.25, 0.3) is 11.1 Å². The summed E-state index contributed by atoms with van der Waals surface area (Å²) in [6.45, 7) is 2.09. The van der Waals surface area contributed by atoms with Crippen LogP contribution in [0.15, 0.2) is 42.5 Å². The predicted molar refractivity (Wildman–Crippen MR) is 76.4 cm³/mol. The summed E-state index contributed by atoms with van der Waals surface area (Å²) in [5.74, 6) is 0.523. The summed E-state index contributed by atoms with van der Waals surface area (Å²) in [6.07, 6.45) is 1.09. The van der Waals surface area contributed by atoms with Crippen LogP contribution in [0.2, 0.25) is 0 Å². The van der Waals surface area contributed by atoms with Gasteiger partial charge in [0.15, 0.2) is 0 Å². The van der Waals surface area contributed by atoms with Crippen LogP contribution in [-0.4, -0.2) is 6.04 Å². The van der Waals surface area contributed by atoms with Crippen molar-refractivity contribution in [1.82, 2.24) is 0 Å². The molecule has 1 saturated carbocycles. The predicted octanol–water partition coefficient (Wildman–Crippen LogP) is 3.06. The molecule has 2 unspecified atom stereocenters. The van der Waals surface area contributed by atoms with Gasteiger partial charge in [0.25, 0.3) is 0 Å². The first-order valence-electron chi connectivity index (χ1n) is 6.37. The quantitative estimate of drug-likeness (QED) is 0.790. The van der Waals surface area contributed by atoms with Crippen molar-refractivity contribution in [2.75, 3.05) is 5.73 Å². The average molecular weight is 238 g/mol. The number of hydrogen-bond acceptors (Lipinski definition) is 2. The molecular formula is C16H18N2. The van der Waals surface area contributed by atoms with Gasteiger partial charge in [0.1, 0.15) is 0 Å². The fourth-order valence-corrected chi connectivity index (χ4v) is 2.39. The molecule has 0 spiro atoms. The van der Waals surface area contributed by atoms with E-state index in [0.29, 0.717) is 12.0 Å². The molecule has 0 radical (unpaired) electrons. The third kappa shape index (κ3) is 2.00. The molecule has 0 bridgehead atoms. The number of nitrogen functional groups attached to an aromatic ring is 1. The summed E-state index contributed by atoms with van der Waals surface area (Å²) in [6, 6.07) is 15.1. The van der Waals surface area contributed by atoms with Gasteiger partial charge in [-0.3, -0.25) is 0 Å². The number of hydrogen-bond donors (Lipinski definition) is 2. The molecule has 0 heterocycles. The Morgan fingerprint density at radius 1 is 1.06 bits per heavy atom. The summed E-state index contributed by atoms with van der Waals surface area (Å²) >= 11 is 0. The van der Waals surface area contributed by atoms with Gasteiger partial charge in [-0.1, -0.05) is 35.9 Å². The molecule has 2 heteroatoms. The van der Waals surface area contributed by atoms with E-state index >= 15 is 0 Å². The maximum absolute atomic E-state index is 6.08. The van der Waals surface area contributed by atoms with Gasteiger partial charge in [-0.2, -0.15) is 0 Å². The fourth-order valence-electron chi connectivity index (χ4n) is 2.39. The van der Waals surface area contributed by atoms with Crippen molar-refractivity contribution in [2.24, 2.45) is 5.73 Å². The molecule has 4 N–H and O–H groups in total. The van der Waals surface area contributed by atoms with Crippen molar-refractivity contribution in [3.63, 3.8) is 0 Å². The topological polar surface area (TPSA) is 52.0 Å². The third-order valence-electron chi connectivity index (χ3n) is 3.71. The van der Waals surface area contributed by atoms with Gasteiger partial charge in [0.2, 0.25) is 0 Å². The normalized spacial score (nSPS) is 21.9. The fraction of sp³-hybridized carbons (Fsp3) is 0.250. The maximum Gasteiger partial charge on any atom is 0.0393 e. The summed E-state index contributed by atoms with van der Waals surface area (Å²) in [4.78, 5) is 0. The molecule has 1 aliphatic rings. The minimum atomic E-state index is 0.333.